The van der Waals surface area contributed by atoms with Gasteiger partial charge in [-0.25, -0.2) is 0 Å². The second-order valence-corrected chi connectivity index (χ2v) is 8.25. The Hall–Kier alpha value is -3.68. The van der Waals surface area contributed by atoms with Crippen LogP contribution in [0.15, 0.2) is 42.5 Å². The molecule has 1 atom stereocenters. The molecular formula is C25H31N5O3. The number of hydrogen-bond acceptors (Lipinski definition) is 4. The summed E-state index contributed by atoms with van der Waals surface area (Å²) in [4.78, 5) is 39.9. The summed E-state index contributed by atoms with van der Waals surface area (Å²) >= 11 is 0. The number of amides is 3. The van der Waals surface area contributed by atoms with Crippen LogP contribution >= 0.6 is 0 Å². The molecule has 0 saturated carbocycles. The first kappa shape index (κ1) is 24.0. The van der Waals surface area contributed by atoms with Crippen LogP contribution in [0.2, 0.25) is 0 Å². The number of nitrogen functional groups attached to an aromatic ring is 1. The van der Waals surface area contributed by atoms with Gasteiger partial charge in [0.1, 0.15) is 5.84 Å². The summed E-state index contributed by atoms with van der Waals surface area (Å²) in [6.45, 7) is 5.67. The molecule has 3 amide bonds. The molecule has 2 aromatic rings. The van der Waals surface area contributed by atoms with E-state index in [0.717, 1.165) is 31.5 Å². The van der Waals surface area contributed by atoms with E-state index in [1.807, 2.05) is 18.7 Å². The lowest BCUT2D eigenvalue weighted by molar-refractivity contribution is -0.121. The third-order valence-electron chi connectivity index (χ3n) is 5.78. The van der Waals surface area contributed by atoms with Crippen molar-refractivity contribution in [2.45, 2.75) is 39.2 Å². The normalized spacial score (nSPS) is 13.9. The lowest BCUT2D eigenvalue weighted by Crippen LogP contribution is -2.34. The van der Waals surface area contributed by atoms with Gasteiger partial charge in [-0.05, 0) is 62.1 Å². The molecule has 8 heteroatoms. The third-order valence-corrected chi connectivity index (χ3v) is 5.78. The van der Waals surface area contributed by atoms with E-state index in [0.29, 0.717) is 28.8 Å². The van der Waals surface area contributed by atoms with Crippen molar-refractivity contribution in [3.63, 3.8) is 0 Å². The molecule has 1 aliphatic heterocycles. The number of benzene rings is 2. The fraction of sp³-hybridized carbons (Fsp3) is 0.360. The predicted molar refractivity (Wildman–Crippen MR) is 127 cm³/mol. The molecule has 1 saturated heterocycles. The van der Waals surface area contributed by atoms with E-state index in [4.69, 9.17) is 11.1 Å². The molecule has 1 aliphatic rings. The van der Waals surface area contributed by atoms with Crippen molar-refractivity contribution < 1.29 is 14.4 Å². The fourth-order valence-electron chi connectivity index (χ4n) is 4.01. The van der Waals surface area contributed by atoms with E-state index in [1.54, 1.807) is 42.5 Å². The molecule has 0 aliphatic carbocycles. The van der Waals surface area contributed by atoms with E-state index in [1.165, 1.54) is 0 Å². The number of carbonyl (C=O) groups is 3. The Bertz CT molecular complexity index is 1060. The average Bonchev–Trinajstić information content (AvgIpc) is 3.33. The lowest BCUT2D eigenvalue weighted by Gasteiger charge is -2.20. The maximum atomic E-state index is 13.1. The number of amidine groups is 1. The molecular weight excluding hydrogens is 418 g/mol. The maximum absolute atomic E-state index is 13.1. The van der Waals surface area contributed by atoms with E-state index in [9.17, 15) is 14.4 Å². The fourth-order valence-corrected chi connectivity index (χ4v) is 4.01. The number of nitrogens with zero attached hydrogens (tertiary/aromatic N) is 1. The van der Waals surface area contributed by atoms with Crippen LogP contribution in [0, 0.1) is 12.3 Å². The van der Waals surface area contributed by atoms with Crippen molar-refractivity contribution in [2.75, 3.05) is 19.6 Å². The van der Waals surface area contributed by atoms with Gasteiger partial charge < -0.3 is 21.3 Å². The Labute approximate surface area is 194 Å². The van der Waals surface area contributed by atoms with Gasteiger partial charge in [0.2, 0.25) is 5.91 Å². The van der Waals surface area contributed by atoms with Crippen LogP contribution in [-0.2, 0) is 4.79 Å². The molecule has 0 bridgehead atoms. The Morgan fingerprint density at radius 2 is 1.82 bits per heavy atom. The van der Waals surface area contributed by atoms with E-state index in [2.05, 4.69) is 10.6 Å². The van der Waals surface area contributed by atoms with Crippen molar-refractivity contribution >= 4 is 23.6 Å². The Balaban J connectivity index is 1.81. The highest BCUT2D eigenvalue weighted by Crippen LogP contribution is 2.21. The molecule has 0 aromatic heterocycles. The largest absolute Gasteiger partial charge is 0.384 e. The topological polar surface area (TPSA) is 128 Å². The number of nitrogens with one attached hydrogen (secondary N) is 3. The van der Waals surface area contributed by atoms with Crippen LogP contribution in [0.1, 0.15) is 69.6 Å². The Kier molecular flexibility index (Phi) is 7.82. The number of aryl methyl sites for hydroxylation is 1. The molecule has 1 unspecified atom stereocenters. The first-order chi connectivity index (χ1) is 15.8. The van der Waals surface area contributed by atoms with Gasteiger partial charge in [-0.3, -0.25) is 19.8 Å². The summed E-state index contributed by atoms with van der Waals surface area (Å²) in [5.74, 6) is -0.638. The highest BCUT2D eigenvalue weighted by molar-refractivity contribution is 5.99. The van der Waals surface area contributed by atoms with Crippen molar-refractivity contribution in [3.8, 4) is 0 Å². The molecule has 0 radical (unpaired) electrons. The number of rotatable bonds is 8. The quantitative estimate of drug-likeness (QED) is 0.365. The van der Waals surface area contributed by atoms with Crippen LogP contribution in [0.25, 0.3) is 0 Å². The molecule has 8 nitrogen and oxygen atoms in total. The van der Waals surface area contributed by atoms with Gasteiger partial charge in [0.05, 0.1) is 12.5 Å². The van der Waals surface area contributed by atoms with Gasteiger partial charge in [-0.2, -0.15) is 0 Å². The monoisotopic (exact) mass is 449 g/mol. The van der Waals surface area contributed by atoms with Gasteiger partial charge in [-0.15, -0.1) is 0 Å². The second-order valence-electron chi connectivity index (χ2n) is 8.25. The minimum Gasteiger partial charge on any atom is -0.384 e. The number of likely N-dealkylation sites (tertiary alicyclic amines) is 1. The average molecular weight is 450 g/mol. The maximum Gasteiger partial charge on any atom is 0.254 e. The summed E-state index contributed by atoms with van der Waals surface area (Å²) in [6.07, 6.45) is 2.08. The van der Waals surface area contributed by atoms with Crippen molar-refractivity contribution in [2.24, 2.45) is 5.73 Å². The molecule has 2 aromatic carbocycles. The van der Waals surface area contributed by atoms with Gasteiger partial charge in [-0.1, -0.05) is 18.2 Å². The van der Waals surface area contributed by atoms with Gasteiger partial charge in [0, 0.05) is 36.3 Å². The summed E-state index contributed by atoms with van der Waals surface area (Å²) in [6, 6.07) is 11.4. The van der Waals surface area contributed by atoms with Crippen molar-refractivity contribution in [1.29, 1.82) is 5.41 Å². The van der Waals surface area contributed by atoms with Crippen LogP contribution < -0.4 is 16.4 Å². The molecule has 33 heavy (non-hydrogen) atoms. The Morgan fingerprint density at radius 1 is 1.09 bits per heavy atom. The highest BCUT2D eigenvalue weighted by Gasteiger charge is 2.23. The smallest absolute Gasteiger partial charge is 0.254 e. The second kappa shape index (κ2) is 10.8. The summed E-state index contributed by atoms with van der Waals surface area (Å²) in [7, 11) is 0. The third kappa shape index (κ3) is 5.97. The summed E-state index contributed by atoms with van der Waals surface area (Å²) < 4.78 is 0. The van der Waals surface area contributed by atoms with E-state index in [-0.39, 0.29) is 30.0 Å². The first-order valence-corrected chi connectivity index (χ1v) is 11.2. The van der Waals surface area contributed by atoms with Crippen LogP contribution in [0.5, 0.6) is 0 Å². The number of nitrogens with two attached hydrogens (primary N) is 1. The Morgan fingerprint density at radius 3 is 2.45 bits per heavy atom. The first-order valence-electron chi connectivity index (χ1n) is 11.2. The van der Waals surface area contributed by atoms with Gasteiger partial charge >= 0.3 is 0 Å². The summed E-state index contributed by atoms with van der Waals surface area (Å²) in [5.41, 5.74) is 8.55. The summed E-state index contributed by atoms with van der Waals surface area (Å²) in [5, 5.41) is 13.4. The number of hydrogen-bond donors (Lipinski definition) is 4. The molecule has 174 valence electrons. The molecule has 3 rings (SSSR count). The zero-order valence-electron chi connectivity index (χ0n) is 19.1. The molecule has 1 heterocycles. The highest BCUT2D eigenvalue weighted by atomic mass is 16.2. The van der Waals surface area contributed by atoms with Crippen molar-refractivity contribution in [1.82, 2.24) is 15.5 Å². The van der Waals surface area contributed by atoms with E-state index < -0.39 is 6.04 Å². The minimum atomic E-state index is -0.602. The zero-order valence-corrected chi connectivity index (χ0v) is 19.1. The van der Waals surface area contributed by atoms with E-state index >= 15 is 0 Å². The van der Waals surface area contributed by atoms with Crippen LogP contribution in [0.4, 0.5) is 0 Å². The van der Waals surface area contributed by atoms with Crippen LogP contribution in [-0.4, -0.2) is 48.1 Å². The number of carbonyl (C=O) groups excluding carboxylic acids is 3. The molecule has 5 N–H and O–H groups in total. The van der Waals surface area contributed by atoms with Gasteiger partial charge in [0.25, 0.3) is 11.8 Å². The van der Waals surface area contributed by atoms with Gasteiger partial charge in [0.15, 0.2) is 0 Å². The van der Waals surface area contributed by atoms with Crippen LogP contribution in [0.3, 0.4) is 0 Å². The zero-order chi connectivity index (χ0) is 24.0. The van der Waals surface area contributed by atoms with Crippen molar-refractivity contribution in [3.05, 3.63) is 70.3 Å². The predicted octanol–water partition coefficient (Wildman–Crippen LogP) is 2.51. The SMILES string of the molecule is CCNC(=O)CC(NC(=O)c1ccc(C(=O)N2CCCC2)c(C)c1)c1cccc(C(=N)N)c1. The standard InChI is InChI=1S/C25H31N5O3/c1-3-28-22(31)15-21(17-7-6-8-18(14-17)23(26)27)29-24(32)19-9-10-20(16(2)13-19)25(33)30-11-4-5-12-30/h6-10,13-14,21H,3-5,11-12,15H2,1-2H3,(H3,26,27)(H,28,31)(H,29,32). The minimum absolute atomic E-state index is 0.00730. The molecule has 1 fully saturated rings. The molecule has 0 spiro atoms. The lowest BCUT2D eigenvalue weighted by atomic mass is 9.99.